The van der Waals surface area contributed by atoms with E-state index in [0.717, 1.165) is 23.5 Å². The number of imidazole rings is 1. The Morgan fingerprint density at radius 3 is 2.58 bits per heavy atom. The van der Waals surface area contributed by atoms with Crippen LogP contribution < -0.4 is 0 Å². The molecule has 0 saturated heterocycles. The second-order valence-corrected chi connectivity index (χ2v) is 6.01. The molecule has 0 atom stereocenters. The Kier molecular flexibility index (Phi) is 6.03. The minimum absolute atomic E-state index is 0.108. The molecule has 24 heavy (non-hydrogen) atoms. The third-order valence-electron chi connectivity index (χ3n) is 3.80. The molecule has 0 aliphatic rings. The molecule has 7 heteroatoms. The molecule has 0 aliphatic carbocycles. The van der Waals surface area contributed by atoms with Gasteiger partial charge in [0, 0.05) is 24.8 Å². The number of hydrogen-bond acceptors (Lipinski definition) is 3. The van der Waals surface area contributed by atoms with Crippen molar-refractivity contribution in [3.05, 3.63) is 53.1 Å². The summed E-state index contributed by atoms with van der Waals surface area (Å²) < 4.78 is 26.8. The van der Waals surface area contributed by atoms with Gasteiger partial charge < -0.3 is 14.8 Å². The minimum Gasteiger partial charge on any atom is -0.348 e. The maximum absolute atomic E-state index is 13.8. The van der Waals surface area contributed by atoms with E-state index in [-0.39, 0.29) is 17.9 Å². The standard InChI is InChI=1S/C17H22F2N4O/c1-12-16(21-11-20-12)10-23(7-6-22(2)3)17(24)8-13-4-5-14(18)9-15(13)19/h4-5,9,11H,6-8,10H2,1-3H3,(H,20,21). The molecular formula is C17H22F2N4O. The summed E-state index contributed by atoms with van der Waals surface area (Å²) in [6.07, 6.45) is 1.47. The van der Waals surface area contributed by atoms with Crippen LogP contribution in [0.25, 0.3) is 0 Å². The first kappa shape index (κ1) is 18.1. The Labute approximate surface area is 140 Å². The molecule has 0 radical (unpaired) electrons. The molecule has 1 aromatic heterocycles. The summed E-state index contributed by atoms with van der Waals surface area (Å²) in [5.74, 6) is -1.57. The monoisotopic (exact) mass is 336 g/mol. The highest BCUT2D eigenvalue weighted by molar-refractivity contribution is 5.78. The first-order valence-electron chi connectivity index (χ1n) is 7.72. The van der Waals surface area contributed by atoms with Gasteiger partial charge in [0.1, 0.15) is 11.6 Å². The molecule has 1 N–H and O–H groups in total. The number of amides is 1. The summed E-state index contributed by atoms with van der Waals surface area (Å²) in [5.41, 5.74) is 1.86. The fraction of sp³-hybridized carbons (Fsp3) is 0.412. The average molecular weight is 336 g/mol. The van der Waals surface area contributed by atoms with Crippen LogP contribution in [0.3, 0.4) is 0 Å². The Balaban J connectivity index is 2.12. The Hall–Kier alpha value is -2.28. The third-order valence-corrected chi connectivity index (χ3v) is 3.80. The third kappa shape index (κ3) is 4.86. The number of aromatic amines is 1. The van der Waals surface area contributed by atoms with E-state index in [1.807, 2.05) is 25.9 Å². The molecule has 0 aliphatic heterocycles. The number of likely N-dealkylation sites (N-methyl/N-ethyl adjacent to an activating group) is 1. The number of carbonyl (C=O) groups is 1. The van der Waals surface area contributed by atoms with Gasteiger partial charge in [-0.25, -0.2) is 13.8 Å². The maximum Gasteiger partial charge on any atom is 0.227 e. The van der Waals surface area contributed by atoms with E-state index in [1.54, 1.807) is 11.2 Å². The Morgan fingerprint density at radius 2 is 2.00 bits per heavy atom. The van der Waals surface area contributed by atoms with Crippen molar-refractivity contribution in [2.24, 2.45) is 0 Å². The molecule has 1 aromatic carbocycles. The number of H-pyrrole nitrogens is 1. The number of nitrogens with one attached hydrogen (secondary N) is 1. The number of aromatic nitrogens is 2. The molecule has 0 fully saturated rings. The molecule has 130 valence electrons. The van der Waals surface area contributed by atoms with E-state index in [0.29, 0.717) is 19.6 Å². The highest BCUT2D eigenvalue weighted by Gasteiger charge is 2.18. The quantitative estimate of drug-likeness (QED) is 0.843. The molecule has 0 spiro atoms. The van der Waals surface area contributed by atoms with Crippen LogP contribution in [0.1, 0.15) is 17.0 Å². The first-order chi connectivity index (χ1) is 11.4. The molecule has 0 bridgehead atoms. The van der Waals surface area contributed by atoms with Gasteiger partial charge in [-0.1, -0.05) is 6.07 Å². The van der Waals surface area contributed by atoms with Gasteiger partial charge in [-0.15, -0.1) is 0 Å². The van der Waals surface area contributed by atoms with Crippen LogP contribution in [0, 0.1) is 18.6 Å². The smallest absolute Gasteiger partial charge is 0.227 e. The summed E-state index contributed by atoms with van der Waals surface area (Å²) in [6, 6.07) is 3.27. The lowest BCUT2D eigenvalue weighted by atomic mass is 10.1. The number of rotatable bonds is 7. The van der Waals surface area contributed by atoms with Gasteiger partial charge in [-0.2, -0.15) is 0 Å². The summed E-state index contributed by atoms with van der Waals surface area (Å²) in [5, 5.41) is 0. The van der Waals surface area contributed by atoms with E-state index < -0.39 is 11.6 Å². The number of halogens is 2. The van der Waals surface area contributed by atoms with Gasteiger partial charge in [-0.05, 0) is 32.6 Å². The van der Waals surface area contributed by atoms with Gasteiger partial charge in [0.15, 0.2) is 0 Å². The van der Waals surface area contributed by atoms with Crippen molar-refractivity contribution in [3.63, 3.8) is 0 Å². The van der Waals surface area contributed by atoms with Crippen LogP contribution in [-0.4, -0.2) is 52.9 Å². The number of nitrogens with zero attached hydrogens (tertiary/aromatic N) is 3. The zero-order valence-corrected chi connectivity index (χ0v) is 14.1. The fourth-order valence-corrected chi connectivity index (χ4v) is 2.28. The summed E-state index contributed by atoms with van der Waals surface area (Å²) in [4.78, 5) is 23.4. The Morgan fingerprint density at radius 1 is 1.25 bits per heavy atom. The molecule has 5 nitrogen and oxygen atoms in total. The van der Waals surface area contributed by atoms with Gasteiger partial charge in [0.25, 0.3) is 0 Å². The second-order valence-electron chi connectivity index (χ2n) is 6.01. The van der Waals surface area contributed by atoms with Crippen LogP contribution in [0.15, 0.2) is 24.5 Å². The fourth-order valence-electron chi connectivity index (χ4n) is 2.28. The van der Waals surface area contributed by atoms with Crippen LogP contribution in [0.5, 0.6) is 0 Å². The average Bonchev–Trinajstić information content (AvgIpc) is 2.91. The molecule has 1 heterocycles. The highest BCUT2D eigenvalue weighted by Crippen LogP contribution is 2.13. The largest absolute Gasteiger partial charge is 0.348 e. The lowest BCUT2D eigenvalue weighted by molar-refractivity contribution is -0.131. The van der Waals surface area contributed by atoms with Crippen molar-refractivity contribution in [3.8, 4) is 0 Å². The summed E-state index contributed by atoms with van der Waals surface area (Å²) >= 11 is 0. The minimum atomic E-state index is -0.702. The van der Waals surface area contributed by atoms with Crippen molar-refractivity contribution in [2.45, 2.75) is 19.9 Å². The van der Waals surface area contributed by atoms with E-state index in [2.05, 4.69) is 9.97 Å². The van der Waals surface area contributed by atoms with Crippen molar-refractivity contribution in [2.75, 3.05) is 27.2 Å². The van der Waals surface area contributed by atoms with E-state index in [4.69, 9.17) is 0 Å². The lowest BCUT2D eigenvalue weighted by Gasteiger charge is -2.24. The maximum atomic E-state index is 13.8. The van der Waals surface area contributed by atoms with Crippen LogP contribution in [0.2, 0.25) is 0 Å². The normalized spacial score (nSPS) is 11.1. The molecule has 2 aromatic rings. The van der Waals surface area contributed by atoms with Crippen LogP contribution in [0.4, 0.5) is 8.78 Å². The number of carbonyl (C=O) groups excluding carboxylic acids is 1. The van der Waals surface area contributed by atoms with Gasteiger partial charge in [0.05, 0.1) is 25.0 Å². The number of aryl methyl sites for hydroxylation is 1. The van der Waals surface area contributed by atoms with E-state index in [9.17, 15) is 13.6 Å². The molecule has 2 rings (SSSR count). The van der Waals surface area contributed by atoms with Gasteiger partial charge in [0.2, 0.25) is 5.91 Å². The first-order valence-corrected chi connectivity index (χ1v) is 7.72. The predicted octanol–water partition coefficient (Wildman–Crippen LogP) is 2.13. The highest BCUT2D eigenvalue weighted by atomic mass is 19.1. The molecular weight excluding hydrogens is 314 g/mol. The summed E-state index contributed by atoms with van der Waals surface area (Å²) in [7, 11) is 3.84. The molecule has 1 amide bonds. The van der Waals surface area contributed by atoms with Crippen molar-refractivity contribution >= 4 is 5.91 Å². The van der Waals surface area contributed by atoms with Crippen molar-refractivity contribution < 1.29 is 13.6 Å². The zero-order chi connectivity index (χ0) is 17.7. The van der Waals surface area contributed by atoms with Gasteiger partial charge >= 0.3 is 0 Å². The second kappa shape index (κ2) is 8.01. The van der Waals surface area contributed by atoms with E-state index >= 15 is 0 Å². The molecule has 0 unspecified atom stereocenters. The molecule has 0 saturated carbocycles. The van der Waals surface area contributed by atoms with Gasteiger partial charge in [-0.3, -0.25) is 4.79 Å². The van der Waals surface area contributed by atoms with Crippen molar-refractivity contribution in [1.29, 1.82) is 0 Å². The zero-order valence-electron chi connectivity index (χ0n) is 14.1. The topological polar surface area (TPSA) is 52.2 Å². The number of benzene rings is 1. The lowest BCUT2D eigenvalue weighted by Crippen LogP contribution is -2.37. The Bertz CT molecular complexity index is 700. The van der Waals surface area contributed by atoms with Crippen LogP contribution in [-0.2, 0) is 17.8 Å². The SMILES string of the molecule is Cc1[nH]cnc1CN(CCN(C)C)C(=O)Cc1ccc(F)cc1F. The van der Waals surface area contributed by atoms with Crippen molar-refractivity contribution in [1.82, 2.24) is 19.8 Å². The van der Waals surface area contributed by atoms with Crippen LogP contribution >= 0.6 is 0 Å². The van der Waals surface area contributed by atoms with E-state index in [1.165, 1.54) is 6.07 Å². The summed E-state index contributed by atoms with van der Waals surface area (Å²) in [6.45, 7) is 3.42. The number of hydrogen-bond donors (Lipinski definition) is 1. The predicted molar refractivity (Wildman–Crippen MR) is 87.4 cm³/mol.